The first-order valence-electron chi connectivity index (χ1n) is 11.8. The zero-order valence-corrected chi connectivity index (χ0v) is 20.6. The van der Waals surface area contributed by atoms with E-state index in [9.17, 15) is 9.18 Å². The van der Waals surface area contributed by atoms with Crippen LogP contribution in [-0.4, -0.2) is 66.1 Å². The molecule has 1 aliphatic heterocycles. The molecular weight excluding hydrogens is 433 g/mol. The molecule has 0 atom stereocenters. The number of rotatable bonds is 7. The summed E-state index contributed by atoms with van der Waals surface area (Å²) in [6.07, 6.45) is 0.567. The molecule has 4 rings (SSSR count). The molecule has 0 aliphatic carbocycles. The summed E-state index contributed by atoms with van der Waals surface area (Å²) in [4.78, 5) is 16.5. The van der Waals surface area contributed by atoms with Crippen molar-refractivity contribution in [1.29, 1.82) is 0 Å². The molecule has 1 aliphatic rings. The molecule has 8 heteroatoms. The topological polar surface area (TPSA) is 62.6 Å². The summed E-state index contributed by atoms with van der Waals surface area (Å²) in [5.74, 6) is 0.794. The number of alkyl carbamates (subject to hydrolysis) is 1. The lowest BCUT2D eigenvalue weighted by Gasteiger charge is -2.41. The van der Waals surface area contributed by atoms with Crippen molar-refractivity contribution >= 4 is 22.8 Å². The quantitative estimate of drug-likeness (QED) is 0.554. The summed E-state index contributed by atoms with van der Waals surface area (Å²) in [5.41, 5.74) is 1.69. The van der Waals surface area contributed by atoms with E-state index in [4.69, 9.17) is 9.84 Å². The van der Waals surface area contributed by atoms with Crippen molar-refractivity contribution in [3.63, 3.8) is 0 Å². The van der Waals surface area contributed by atoms with Gasteiger partial charge in [0.25, 0.3) is 0 Å². The summed E-state index contributed by atoms with van der Waals surface area (Å²) >= 11 is 0. The molecule has 1 amide bonds. The van der Waals surface area contributed by atoms with E-state index in [1.54, 1.807) is 12.1 Å². The molecule has 2 heterocycles. The number of nitrogens with one attached hydrogen (secondary N) is 1. The highest BCUT2D eigenvalue weighted by molar-refractivity contribution is 5.94. The summed E-state index contributed by atoms with van der Waals surface area (Å²) in [5, 5.41) is 8.86. The lowest BCUT2D eigenvalue weighted by molar-refractivity contribution is 0.0496. The number of aromatic nitrogens is 2. The van der Waals surface area contributed by atoms with E-state index in [0.717, 1.165) is 41.8 Å². The molecule has 1 fully saturated rings. The Labute approximate surface area is 200 Å². The van der Waals surface area contributed by atoms with Gasteiger partial charge in [-0.25, -0.2) is 13.9 Å². The number of halogens is 1. The highest BCUT2D eigenvalue weighted by Crippen LogP contribution is 2.34. The summed E-state index contributed by atoms with van der Waals surface area (Å²) in [6, 6.07) is 12.7. The molecule has 2 aromatic carbocycles. The largest absolute Gasteiger partial charge is 0.444 e. The van der Waals surface area contributed by atoms with E-state index in [-0.39, 0.29) is 11.9 Å². The predicted molar refractivity (Wildman–Crippen MR) is 134 cm³/mol. The van der Waals surface area contributed by atoms with Crippen molar-refractivity contribution in [2.75, 3.05) is 38.6 Å². The van der Waals surface area contributed by atoms with Gasteiger partial charge in [0.05, 0.1) is 11.6 Å². The maximum atomic E-state index is 14.4. The van der Waals surface area contributed by atoms with Crippen molar-refractivity contribution < 1.29 is 13.9 Å². The first-order chi connectivity index (χ1) is 16.1. The van der Waals surface area contributed by atoms with Crippen molar-refractivity contribution in [3.8, 4) is 11.1 Å². The number of ether oxygens (including phenoxy) is 1. The second-order valence-electron chi connectivity index (χ2n) is 10.2. The molecule has 1 N–H and O–H groups in total. The Morgan fingerprint density at radius 1 is 1.21 bits per heavy atom. The first-order valence-corrected chi connectivity index (χ1v) is 11.8. The zero-order valence-electron chi connectivity index (χ0n) is 20.6. The summed E-state index contributed by atoms with van der Waals surface area (Å²) in [6.45, 7) is 8.66. The molecule has 0 bridgehead atoms. The van der Waals surface area contributed by atoms with Gasteiger partial charge in [-0.05, 0) is 71.6 Å². The van der Waals surface area contributed by atoms with Gasteiger partial charge in [0.2, 0.25) is 0 Å². The minimum absolute atomic E-state index is 0.0210. The van der Waals surface area contributed by atoms with Gasteiger partial charge in [0.15, 0.2) is 0 Å². The van der Waals surface area contributed by atoms with Gasteiger partial charge >= 0.3 is 6.09 Å². The van der Waals surface area contributed by atoms with Crippen LogP contribution >= 0.6 is 0 Å². The van der Waals surface area contributed by atoms with Crippen LogP contribution in [0, 0.1) is 5.82 Å². The van der Waals surface area contributed by atoms with Gasteiger partial charge in [-0.15, -0.1) is 0 Å². The van der Waals surface area contributed by atoms with Crippen LogP contribution in [-0.2, 0) is 11.3 Å². The second kappa shape index (κ2) is 9.62. The number of carbonyl (C=O) groups excluding carboxylic acids is 1. The number of anilines is 1. The van der Waals surface area contributed by atoms with Gasteiger partial charge in [0.1, 0.15) is 17.2 Å². The molecule has 0 spiro atoms. The van der Waals surface area contributed by atoms with E-state index in [1.807, 2.05) is 49.7 Å². The molecule has 182 valence electrons. The van der Waals surface area contributed by atoms with Gasteiger partial charge in [-0.3, -0.25) is 0 Å². The van der Waals surface area contributed by atoms with E-state index < -0.39 is 11.7 Å². The van der Waals surface area contributed by atoms with Gasteiger partial charge in [-0.2, -0.15) is 5.10 Å². The Balaban J connectivity index is 1.57. The monoisotopic (exact) mass is 467 g/mol. The minimum atomic E-state index is -0.523. The average molecular weight is 468 g/mol. The fraction of sp³-hybridized carbons (Fsp3) is 0.462. The molecule has 34 heavy (non-hydrogen) atoms. The third kappa shape index (κ3) is 5.50. The van der Waals surface area contributed by atoms with E-state index in [2.05, 4.69) is 29.2 Å². The molecule has 0 unspecified atom stereocenters. The summed E-state index contributed by atoms with van der Waals surface area (Å²) < 4.78 is 21.8. The lowest BCUT2D eigenvalue weighted by Crippen LogP contribution is -2.60. The fourth-order valence-corrected chi connectivity index (χ4v) is 4.23. The third-order valence-electron chi connectivity index (χ3n) is 5.77. The zero-order chi connectivity index (χ0) is 24.5. The van der Waals surface area contributed by atoms with Gasteiger partial charge in [0, 0.05) is 30.6 Å². The SMILES string of the molecule is CN(C)CCCn1nc2cc(-c3ccccc3F)ccc2c1N1CC(NC(=O)OC(C)(C)C)C1. The first kappa shape index (κ1) is 24.0. The number of fused-ring (bicyclic) bond motifs is 1. The van der Waals surface area contributed by atoms with E-state index in [1.165, 1.54) is 6.07 Å². The molecule has 1 saturated heterocycles. The fourth-order valence-electron chi connectivity index (χ4n) is 4.23. The standard InChI is InChI=1S/C26H34FN5O2/c1-26(2,3)34-25(33)28-19-16-31(17-19)24-21-12-11-18(20-9-6-7-10-22(20)27)15-23(21)29-32(24)14-8-13-30(4)5/h6-7,9-12,15,19H,8,13-14,16-17H2,1-5H3,(H,28,33). The molecule has 3 aromatic rings. The van der Waals surface area contributed by atoms with Crippen LogP contribution in [0.2, 0.25) is 0 Å². The molecule has 0 radical (unpaired) electrons. The lowest BCUT2D eigenvalue weighted by atomic mass is 10.0. The van der Waals surface area contributed by atoms with Crippen LogP contribution < -0.4 is 10.2 Å². The van der Waals surface area contributed by atoms with Crippen LogP contribution in [0.4, 0.5) is 15.0 Å². The number of carbonyl (C=O) groups is 1. The van der Waals surface area contributed by atoms with Crippen LogP contribution in [0.3, 0.4) is 0 Å². The van der Waals surface area contributed by atoms with Crippen LogP contribution in [0.25, 0.3) is 22.0 Å². The Hall–Kier alpha value is -3.13. The number of nitrogens with zero attached hydrogens (tertiary/aromatic N) is 4. The number of hydrogen-bond donors (Lipinski definition) is 1. The Kier molecular flexibility index (Phi) is 6.79. The van der Waals surface area contributed by atoms with Crippen LogP contribution in [0.15, 0.2) is 42.5 Å². The predicted octanol–water partition coefficient (Wildman–Crippen LogP) is 4.51. The maximum absolute atomic E-state index is 14.4. The normalized spacial score (nSPS) is 14.5. The van der Waals surface area contributed by atoms with Crippen molar-refractivity contribution in [2.24, 2.45) is 0 Å². The molecular formula is C26H34FN5O2. The maximum Gasteiger partial charge on any atom is 0.407 e. The van der Waals surface area contributed by atoms with Crippen molar-refractivity contribution in [3.05, 3.63) is 48.3 Å². The third-order valence-corrected chi connectivity index (χ3v) is 5.77. The van der Waals surface area contributed by atoms with E-state index >= 15 is 0 Å². The molecule has 0 saturated carbocycles. The van der Waals surface area contributed by atoms with Crippen LogP contribution in [0.1, 0.15) is 27.2 Å². The van der Waals surface area contributed by atoms with Gasteiger partial charge < -0.3 is 19.9 Å². The van der Waals surface area contributed by atoms with Crippen LogP contribution in [0.5, 0.6) is 0 Å². The van der Waals surface area contributed by atoms with Crippen molar-refractivity contribution in [1.82, 2.24) is 20.0 Å². The highest BCUT2D eigenvalue weighted by Gasteiger charge is 2.33. The Morgan fingerprint density at radius 2 is 1.94 bits per heavy atom. The number of aryl methyl sites for hydroxylation is 1. The Bertz CT molecular complexity index is 1160. The van der Waals surface area contributed by atoms with Crippen molar-refractivity contribution in [2.45, 2.75) is 45.4 Å². The molecule has 7 nitrogen and oxygen atoms in total. The minimum Gasteiger partial charge on any atom is -0.444 e. The molecule has 1 aromatic heterocycles. The number of amides is 1. The second-order valence-corrected chi connectivity index (χ2v) is 10.2. The summed E-state index contributed by atoms with van der Waals surface area (Å²) in [7, 11) is 4.12. The highest BCUT2D eigenvalue weighted by atomic mass is 19.1. The average Bonchev–Trinajstić information content (AvgIpc) is 3.06. The number of hydrogen-bond acceptors (Lipinski definition) is 5. The smallest absolute Gasteiger partial charge is 0.407 e. The van der Waals surface area contributed by atoms with E-state index in [0.29, 0.717) is 18.7 Å². The number of benzene rings is 2. The van der Waals surface area contributed by atoms with Gasteiger partial charge in [-0.1, -0.05) is 24.3 Å². The Morgan fingerprint density at radius 3 is 2.62 bits per heavy atom.